The van der Waals surface area contributed by atoms with Crippen molar-refractivity contribution >= 4 is 24.2 Å². The van der Waals surface area contributed by atoms with Crippen molar-refractivity contribution in [1.82, 2.24) is 6.15 Å². The molecule has 0 saturated carbocycles. The van der Waals surface area contributed by atoms with Gasteiger partial charge in [-0.3, -0.25) is 0 Å². The molecule has 0 aromatic carbocycles. The fourth-order valence-corrected chi connectivity index (χ4v) is 0. The van der Waals surface area contributed by atoms with Gasteiger partial charge in [-0.25, -0.2) is 0 Å². The van der Waals surface area contributed by atoms with Crippen LogP contribution in [0.2, 0.25) is 0 Å². The molecule has 0 heterocycles. The molecular weight excluding hydrogens is 106 g/mol. The summed E-state index contributed by atoms with van der Waals surface area (Å²) in [5.74, 6) is 1.44. The highest BCUT2D eigenvalue weighted by molar-refractivity contribution is 7.80. The smallest absolute Gasteiger partial charge is 0.0311 e. The van der Waals surface area contributed by atoms with Crippen LogP contribution in [-0.2, 0) is 0 Å². The molecule has 0 fully saturated rings. The topological polar surface area (TPSA) is 35.0 Å². The summed E-state index contributed by atoms with van der Waals surface area (Å²) in [7, 11) is 0. The molecule has 0 radical (unpaired) electrons. The SMILES string of the molecule is N.SCCCl. The normalized spacial score (nSPS) is 6.00. The van der Waals surface area contributed by atoms with Gasteiger partial charge in [0.25, 0.3) is 0 Å². The standard InChI is InChI=1S/C2H5ClS.H3N/c3-1-2-4;/h4H,1-2H2;1H3. The lowest BCUT2D eigenvalue weighted by molar-refractivity contribution is 1.55. The van der Waals surface area contributed by atoms with E-state index in [2.05, 4.69) is 12.6 Å². The molecule has 0 atom stereocenters. The maximum atomic E-state index is 5.11. The molecule has 0 saturated heterocycles. The molecule has 1 nitrogen and oxygen atoms in total. The molecular formula is C2H8ClNS. The summed E-state index contributed by atoms with van der Waals surface area (Å²) in [6, 6.07) is 0. The first kappa shape index (κ1) is 9.14. The lowest BCUT2D eigenvalue weighted by Gasteiger charge is -1.65. The molecule has 34 valence electrons. The van der Waals surface area contributed by atoms with E-state index in [0.717, 1.165) is 5.75 Å². The van der Waals surface area contributed by atoms with Crippen LogP contribution >= 0.6 is 24.2 Å². The second-order valence-electron chi connectivity index (χ2n) is 0.413. The zero-order valence-electron chi connectivity index (χ0n) is 2.95. The van der Waals surface area contributed by atoms with Gasteiger partial charge in [0.05, 0.1) is 0 Å². The van der Waals surface area contributed by atoms with E-state index in [4.69, 9.17) is 11.6 Å². The maximum Gasteiger partial charge on any atom is 0.0311 e. The Morgan fingerprint density at radius 1 is 1.60 bits per heavy atom. The Hall–Kier alpha value is 0.600. The molecule has 0 unspecified atom stereocenters. The number of hydrogen-bond donors (Lipinski definition) is 2. The summed E-state index contributed by atoms with van der Waals surface area (Å²) in [5.41, 5.74) is 0. The van der Waals surface area contributed by atoms with Crippen LogP contribution in [0.4, 0.5) is 0 Å². The van der Waals surface area contributed by atoms with Gasteiger partial charge < -0.3 is 6.15 Å². The fraction of sp³-hybridized carbons (Fsp3) is 1.00. The van der Waals surface area contributed by atoms with E-state index >= 15 is 0 Å². The van der Waals surface area contributed by atoms with Gasteiger partial charge in [0.2, 0.25) is 0 Å². The molecule has 0 aliphatic rings. The quantitative estimate of drug-likeness (QED) is 0.391. The third kappa shape index (κ3) is 12.1. The summed E-state index contributed by atoms with van der Waals surface area (Å²) >= 11 is 8.90. The van der Waals surface area contributed by atoms with Crippen molar-refractivity contribution in [2.75, 3.05) is 11.6 Å². The third-order valence-electron chi connectivity index (χ3n) is 0.0845. The first-order valence-electron chi connectivity index (χ1n) is 1.08. The molecule has 5 heavy (non-hydrogen) atoms. The molecule has 0 aromatic rings. The lowest BCUT2D eigenvalue weighted by atomic mass is 11.0. The van der Waals surface area contributed by atoms with Gasteiger partial charge in [-0.15, -0.1) is 11.6 Å². The number of halogens is 1. The Labute approximate surface area is 42.7 Å². The zero-order chi connectivity index (χ0) is 3.41. The minimum atomic E-state index is 0. The van der Waals surface area contributed by atoms with Crippen LogP contribution in [0.1, 0.15) is 0 Å². The number of alkyl halides is 1. The van der Waals surface area contributed by atoms with Crippen molar-refractivity contribution in [2.45, 2.75) is 0 Å². The molecule has 3 N–H and O–H groups in total. The van der Waals surface area contributed by atoms with Crippen LogP contribution in [0.5, 0.6) is 0 Å². The minimum Gasteiger partial charge on any atom is -0.344 e. The van der Waals surface area contributed by atoms with E-state index in [-0.39, 0.29) is 6.15 Å². The third-order valence-corrected chi connectivity index (χ3v) is 0.761. The molecule has 0 aromatic heterocycles. The predicted molar refractivity (Wildman–Crippen MR) is 29.6 cm³/mol. The molecule has 0 rings (SSSR count). The Morgan fingerprint density at radius 2 is 1.80 bits per heavy atom. The number of hydrogen-bond acceptors (Lipinski definition) is 2. The van der Waals surface area contributed by atoms with Crippen molar-refractivity contribution < 1.29 is 0 Å². The molecule has 0 spiro atoms. The van der Waals surface area contributed by atoms with Crippen LogP contribution in [0, 0.1) is 0 Å². The first-order valence-corrected chi connectivity index (χ1v) is 2.25. The average molecular weight is 114 g/mol. The fourth-order valence-electron chi connectivity index (χ4n) is 0. The van der Waals surface area contributed by atoms with Gasteiger partial charge in [-0.1, -0.05) is 0 Å². The van der Waals surface area contributed by atoms with Crippen LogP contribution in [0.15, 0.2) is 0 Å². The van der Waals surface area contributed by atoms with Crippen LogP contribution in [0.25, 0.3) is 0 Å². The van der Waals surface area contributed by atoms with E-state index in [1.807, 2.05) is 0 Å². The Bertz CT molecular complexity index is 11.6. The minimum absolute atomic E-state index is 0. The largest absolute Gasteiger partial charge is 0.344 e. The van der Waals surface area contributed by atoms with Crippen molar-refractivity contribution in [3.63, 3.8) is 0 Å². The van der Waals surface area contributed by atoms with Crippen molar-refractivity contribution in [1.29, 1.82) is 0 Å². The monoisotopic (exact) mass is 113 g/mol. The molecule has 0 bridgehead atoms. The van der Waals surface area contributed by atoms with Crippen LogP contribution < -0.4 is 6.15 Å². The Balaban J connectivity index is 0. The van der Waals surface area contributed by atoms with Crippen molar-refractivity contribution in [3.05, 3.63) is 0 Å². The maximum absolute atomic E-state index is 5.11. The summed E-state index contributed by atoms with van der Waals surface area (Å²) < 4.78 is 0. The van der Waals surface area contributed by atoms with Crippen molar-refractivity contribution in [2.24, 2.45) is 0 Å². The van der Waals surface area contributed by atoms with Gasteiger partial charge in [0.15, 0.2) is 0 Å². The Kier molecular flexibility index (Phi) is 16.1. The van der Waals surface area contributed by atoms with Crippen molar-refractivity contribution in [3.8, 4) is 0 Å². The van der Waals surface area contributed by atoms with E-state index in [0.29, 0.717) is 5.88 Å². The van der Waals surface area contributed by atoms with Gasteiger partial charge >= 0.3 is 0 Å². The highest BCUT2D eigenvalue weighted by Crippen LogP contribution is 1.74. The molecule has 0 amide bonds. The van der Waals surface area contributed by atoms with E-state index in [9.17, 15) is 0 Å². The average Bonchev–Trinajstić information content (AvgIpc) is 1.37. The van der Waals surface area contributed by atoms with Gasteiger partial charge in [0, 0.05) is 11.6 Å². The highest BCUT2D eigenvalue weighted by atomic mass is 35.5. The summed E-state index contributed by atoms with van der Waals surface area (Å²) in [5, 5.41) is 0. The van der Waals surface area contributed by atoms with Gasteiger partial charge in [0.1, 0.15) is 0 Å². The molecule has 3 heteroatoms. The lowest BCUT2D eigenvalue weighted by Crippen LogP contribution is -1.64. The van der Waals surface area contributed by atoms with Crippen LogP contribution in [-0.4, -0.2) is 11.6 Å². The van der Waals surface area contributed by atoms with E-state index < -0.39 is 0 Å². The highest BCUT2D eigenvalue weighted by Gasteiger charge is 1.59. The molecule has 0 aliphatic heterocycles. The Morgan fingerprint density at radius 3 is 1.80 bits per heavy atom. The molecule has 0 aliphatic carbocycles. The summed E-state index contributed by atoms with van der Waals surface area (Å²) in [6.45, 7) is 0. The second-order valence-corrected chi connectivity index (χ2v) is 1.24. The summed E-state index contributed by atoms with van der Waals surface area (Å²) in [4.78, 5) is 0. The van der Waals surface area contributed by atoms with E-state index in [1.165, 1.54) is 0 Å². The van der Waals surface area contributed by atoms with Crippen LogP contribution in [0.3, 0.4) is 0 Å². The number of thiol groups is 1. The first-order chi connectivity index (χ1) is 1.91. The predicted octanol–water partition coefficient (Wildman–Crippen LogP) is 1.32. The van der Waals surface area contributed by atoms with Gasteiger partial charge in [-0.2, -0.15) is 12.6 Å². The number of rotatable bonds is 1. The van der Waals surface area contributed by atoms with E-state index in [1.54, 1.807) is 0 Å². The van der Waals surface area contributed by atoms with Gasteiger partial charge in [-0.05, 0) is 0 Å². The zero-order valence-corrected chi connectivity index (χ0v) is 4.60. The second kappa shape index (κ2) is 8.82. The summed E-state index contributed by atoms with van der Waals surface area (Å²) in [6.07, 6.45) is 0.